The number of nitrogens with one attached hydrogen (secondary N) is 1. The van der Waals surface area contributed by atoms with Crippen LogP contribution in [0.3, 0.4) is 0 Å². The van der Waals surface area contributed by atoms with E-state index in [2.05, 4.69) is 5.32 Å². The Hall–Kier alpha value is -3.32. The van der Waals surface area contributed by atoms with Gasteiger partial charge in [0.2, 0.25) is 10.0 Å². The van der Waals surface area contributed by atoms with Crippen LogP contribution >= 0.6 is 0 Å². The fourth-order valence-electron chi connectivity index (χ4n) is 3.42. The Labute approximate surface area is 196 Å². The summed E-state index contributed by atoms with van der Waals surface area (Å²) in [5.41, 5.74) is 5.14. The van der Waals surface area contributed by atoms with Gasteiger partial charge in [-0.2, -0.15) is 0 Å². The third kappa shape index (κ3) is 6.58. The number of aryl methyl sites for hydroxylation is 2. The summed E-state index contributed by atoms with van der Waals surface area (Å²) in [5, 5.41) is 2.85. The van der Waals surface area contributed by atoms with Crippen LogP contribution in [0, 0.1) is 20.8 Å². The molecule has 0 aliphatic rings. The van der Waals surface area contributed by atoms with E-state index in [9.17, 15) is 13.2 Å². The van der Waals surface area contributed by atoms with E-state index in [1.807, 2.05) is 57.2 Å². The van der Waals surface area contributed by atoms with E-state index in [4.69, 9.17) is 4.74 Å². The molecule has 0 saturated heterocycles. The molecule has 0 bridgehead atoms. The van der Waals surface area contributed by atoms with E-state index >= 15 is 0 Å². The number of sulfonamides is 1. The Kier molecular flexibility index (Phi) is 7.76. The highest BCUT2D eigenvalue weighted by atomic mass is 32.2. The van der Waals surface area contributed by atoms with Crippen LogP contribution in [0.4, 0.5) is 5.69 Å². The molecule has 0 unspecified atom stereocenters. The van der Waals surface area contributed by atoms with Crippen molar-refractivity contribution in [1.29, 1.82) is 0 Å². The van der Waals surface area contributed by atoms with Crippen LogP contribution in [0.25, 0.3) is 0 Å². The van der Waals surface area contributed by atoms with Crippen molar-refractivity contribution in [3.8, 4) is 5.75 Å². The van der Waals surface area contributed by atoms with Gasteiger partial charge in [0.25, 0.3) is 5.91 Å². The van der Waals surface area contributed by atoms with Crippen LogP contribution in [-0.2, 0) is 16.6 Å². The van der Waals surface area contributed by atoms with Crippen LogP contribution in [0.15, 0.2) is 66.7 Å². The molecule has 0 aromatic heterocycles. The summed E-state index contributed by atoms with van der Waals surface area (Å²) < 4.78 is 31.9. The largest absolute Gasteiger partial charge is 0.491 e. The average molecular weight is 467 g/mol. The van der Waals surface area contributed by atoms with Crippen molar-refractivity contribution in [2.75, 3.05) is 23.7 Å². The Bertz CT molecular complexity index is 1220. The smallest absolute Gasteiger partial charge is 0.251 e. The molecule has 174 valence electrons. The van der Waals surface area contributed by atoms with Gasteiger partial charge in [0.15, 0.2) is 0 Å². The van der Waals surface area contributed by atoms with Crippen molar-refractivity contribution >= 4 is 21.6 Å². The van der Waals surface area contributed by atoms with E-state index in [0.29, 0.717) is 24.4 Å². The number of hydrogen-bond acceptors (Lipinski definition) is 4. The van der Waals surface area contributed by atoms with Gasteiger partial charge in [-0.05, 0) is 73.4 Å². The molecule has 3 aromatic carbocycles. The first-order valence-corrected chi connectivity index (χ1v) is 12.6. The molecule has 0 fully saturated rings. The van der Waals surface area contributed by atoms with Crippen LogP contribution in [0.5, 0.6) is 5.75 Å². The lowest BCUT2D eigenvalue weighted by Gasteiger charge is -2.23. The average Bonchev–Trinajstić information content (AvgIpc) is 2.77. The highest BCUT2D eigenvalue weighted by Crippen LogP contribution is 2.22. The summed E-state index contributed by atoms with van der Waals surface area (Å²) in [7, 11) is -3.46. The van der Waals surface area contributed by atoms with Crippen LogP contribution < -0.4 is 14.4 Å². The van der Waals surface area contributed by atoms with E-state index in [-0.39, 0.29) is 12.5 Å². The van der Waals surface area contributed by atoms with Crippen LogP contribution in [0.1, 0.15) is 32.6 Å². The normalized spacial score (nSPS) is 11.2. The number of carbonyl (C=O) groups is 1. The van der Waals surface area contributed by atoms with Crippen molar-refractivity contribution < 1.29 is 17.9 Å². The van der Waals surface area contributed by atoms with Gasteiger partial charge in [-0.1, -0.05) is 36.4 Å². The Morgan fingerprint density at radius 2 is 1.67 bits per heavy atom. The van der Waals surface area contributed by atoms with Crippen molar-refractivity contribution in [3.05, 3.63) is 94.5 Å². The van der Waals surface area contributed by atoms with Gasteiger partial charge in [0.1, 0.15) is 12.4 Å². The van der Waals surface area contributed by atoms with E-state index in [0.717, 1.165) is 28.0 Å². The first-order chi connectivity index (χ1) is 15.6. The number of carbonyl (C=O) groups excluding carboxylic acids is 1. The topological polar surface area (TPSA) is 75.7 Å². The third-order valence-corrected chi connectivity index (χ3v) is 6.57. The second-order valence-corrected chi connectivity index (χ2v) is 10.0. The molecule has 33 heavy (non-hydrogen) atoms. The minimum Gasteiger partial charge on any atom is -0.491 e. The molecule has 0 spiro atoms. The number of benzene rings is 3. The molecule has 3 rings (SSSR count). The van der Waals surface area contributed by atoms with Gasteiger partial charge in [-0.15, -0.1) is 0 Å². The fourth-order valence-corrected chi connectivity index (χ4v) is 4.30. The van der Waals surface area contributed by atoms with E-state index in [1.54, 1.807) is 30.3 Å². The molecule has 1 N–H and O–H groups in total. The molecule has 0 aliphatic heterocycles. The number of nitrogens with zero attached hydrogens (tertiary/aromatic N) is 1. The molecular weight excluding hydrogens is 436 g/mol. The third-order valence-electron chi connectivity index (χ3n) is 5.43. The first kappa shape index (κ1) is 24.3. The first-order valence-electron chi connectivity index (χ1n) is 10.8. The van der Waals surface area contributed by atoms with Gasteiger partial charge >= 0.3 is 0 Å². The van der Waals surface area contributed by atoms with Gasteiger partial charge < -0.3 is 10.1 Å². The van der Waals surface area contributed by atoms with Crippen molar-refractivity contribution in [1.82, 2.24) is 5.32 Å². The Morgan fingerprint density at radius 1 is 0.970 bits per heavy atom. The highest BCUT2D eigenvalue weighted by molar-refractivity contribution is 7.92. The summed E-state index contributed by atoms with van der Waals surface area (Å²) in [4.78, 5) is 12.5. The standard InChI is InChI=1S/C26H30N2O4S/c1-19-7-5-9-24(17-19)28(33(4,30)31)18-22-11-13-23(14-12-22)26(29)27-15-16-32-25-10-6-8-20(2)21(25)3/h5-14,17H,15-16,18H2,1-4H3,(H,27,29). The van der Waals surface area contributed by atoms with Gasteiger partial charge in [-0.3, -0.25) is 9.10 Å². The lowest BCUT2D eigenvalue weighted by molar-refractivity contribution is 0.0947. The molecule has 0 atom stereocenters. The highest BCUT2D eigenvalue weighted by Gasteiger charge is 2.18. The van der Waals surface area contributed by atoms with E-state index in [1.165, 1.54) is 10.6 Å². The maximum atomic E-state index is 12.5. The summed E-state index contributed by atoms with van der Waals surface area (Å²) >= 11 is 0. The molecular formula is C26H30N2O4S. The molecule has 0 aliphatic carbocycles. The van der Waals surface area contributed by atoms with Gasteiger partial charge in [0, 0.05) is 5.56 Å². The minimum absolute atomic E-state index is 0.188. The van der Waals surface area contributed by atoms with Crippen molar-refractivity contribution in [2.45, 2.75) is 27.3 Å². The fraction of sp³-hybridized carbons (Fsp3) is 0.269. The number of hydrogen-bond donors (Lipinski definition) is 1. The zero-order valence-electron chi connectivity index (χ0n) is 19.5. The summed E-state index contributed by atoms with van der Waals surface area (Å²) in [6, 6.07) is 20.2. The number of rotatable bonds is 9. The van der Waals surface area contributed by atoms with Crippen molar-refractivity contribution in [2.24, 2.45) is 0 Å². The minimum atomic E-state index is -3.46. The van der Waals surface area contributed by atoms with Gasteiger partial charge in [0.05, 0.1) is 25.0 Å². The zero-order valence-corrected chi connectivity index (χ0v) is 20.3. The number of anilines is 1. The summed E-state index contributed by atoms with van der Waals surface area (Å²) in [5.74, 6) is 0.613. The summed E-state index contributed by atoms with van der Waals surface area (Å²) in [6.45, 7) is 6.90. The lowest BCUT2D eigenvalue weighted by atomic mass is 10.1. The maximum Gasteiger partial charge on any atom is 0.251 e. The molecule has 6 nitrogen and oxygen atoms in total. The van der Waals surface area contributed by atoms with Crippen LogP contribution in [-0.4, -0.2) is 33.7 Å². The second-order valence-electron chi connectivity index (χ2n) is 8.11. The van der Waals surface area contributed by atoms with Crippen molar-refractivity contribution in [3.63, 3.8) is 0 Å². The Morgan fingerprint density at radius 3 is 2.33 bits per heavy atom. The molecule has 0 heterocycles. The molecule has 0 radical (unpaired) electrons. The zero-order chi connectivity index (χ0) is 24.0. The monoisotopic (exact) mass is 466 g/mol. The predicted molar refractivity (Wildman–Crippen MR) is 132 cm³/mol. The second kappa shape index (κ2) is 10.5. The van der Waals surface area contributed by atoms with E-state index < -0.39 is 10.0 Å². The Balaban J connectivity index is 1.58. The maximum absolute atomic E-state index is 12.5. The molecule has 7 heteroatoms. The number of amides is 1. The molecule has 1 amide bonds. The lowest BCUT2D eigenvalue weighted by Crippen LogP contribution is -2.29. The quantitative estimate of drug-likeness (QED) is 0.475. The SMILES string of the molecule is Cc1cccc(N(Cc2ccc(C(=O)NCCOc3cccc(C)c3C)cc2)S(C)(=O)=O)c1. The van der Waals surface area contributed by atoms with Gasteiger partial charge in [-0.25, -0.2) is 8.42 Å². The molecule has 0 saturated carbocycles. The molecule has 3 aromatic rings. The number of ether oxygens (including phenoxy) is 1. The van der Waals surface area contributed by atoms with Crippen LogP contribution in [0.2, 0.25) is 0 Å². The predicted octanol–water partition coefficient (Wildman–Crippen LogP) is 4.39. The summed E-state index contributed by atoms with van der Waals surface area (Å²) in [6.07, 6.45) is 1.19.